The van der Waals surface area contributed by atoms with Crippen molar-refractivity contribution in [3.63, 3.8) is 0 Å². The maximum absolute atomic E-state index is 6.57. The fourth-order valence-corrected chi connectivity index (χ4v) is 4.99. The van der Waals surface area contributed by atoms with Crippen LogP contribution in [0.2, 0.25) is 0 Å². The zero-order chi connectivity index (χ0) is 22.6. The Morgan fingerprint density at radius 2 is 1.82 bits per heavy atom. The predicted molar refractivity (Wildman–Crippen MR) is 131 cm³/mol. The Balaban J connectivity index is 1.26. The maximum atomic E-state index is 6.57. The van der Waals surface area contributed by atoms with E-state index in [0.29, 0.717) is 11.8 Å². The number of hydrogen-bond donors (Lipinski definition) is 0. The van der Waals surface area contributed by atoms with Crippen molar-refractivity contribution in [1.82, 2.24) is 15.0 Å². The number of pyridine rings is 1. The van der Waals surface area contributed by atoms with E-state index in [2.05, 4.69) is 59.0 Å². The van der Waals surface area contributed by atoms with Gasteiger partial charge in [-0.25, -0.2) is 4.98 Å². The molecular formula is C27H34N4O2. The van der Waals surface area contributed by atoms with E-state index < -0.39 is 0 Å². The van der Waals surface area contributed by atoms with Gasteiger partial charge < -0.3 is 14.4 Å². The van der Waals surface area contributed by atoms with Crippen LogP contribution < -0.4 is 9.64 Å². The van der Waals surface area contributed by atoms with Crippen molar-refractivity contribution in [3.05, 3.63) is 54.1 Å². The molecule has 5 rings (SSSR count). The van der Waals surface area contributed by atoms with E-state index in [9.17, 15) is 0 Å². The van der Waals surface area contributed by atoms with Gasteiger partial charge in [0.05, 0.1) is 24.8 Å². The van der Waals surface area contributed by atoms with Crippen LogP contribution in [0.4, 0.5) is 5.69 Å². The molecule has 0 spiro atoms. The van der Waals surface area contributed by atoms with Gasteiger partial charge in [0, 0.05) is 48.6 Å². The molecule has 1 saturated heterocycles. The molecule has 3 aromatic rings. The lowest BCUT2D eigenvalue weighted by atomic mass is 9.84. The largest absolute Gasteiger partial charge is 0.488 e. The topological polar surface area (TPSA) is 60.4 Å². The molecule has 0 bridgehead atoms. The van der Waals surface area contributed by atoms with Gasteiger partial charge in [-0.05, 0) is 62.1 Å². The molecule has 0 unspecified atom stereocenters. The average molecular weight is 447 g/mol. The summed E-state index contributed by atoms with van der Waals surface area (Å²) in [6.07, 6.45) is 9.27. The van der Waals surface area contributed by atoms with Crippen molar-refractivity contribution in [2.75, 3.05) is 31.2 Å². The number of anilines is 1. The second-order valence-corrected chi connectivity index (χ2v) is 9.64. The van der Waals surface area contributed by atoms with Crippen LogP contribution >= 0.6 is 0 Å². The summed E-state index contributed by atoms with van der Waals surface area (Å²) >= 11 is 0. The van der Waals surface area contributed by atoms with Crippen LogP contribution in [-0.4, -0.2) is 47.4 Å². The molecule has 1 aliphatic carbocycles. The lowest BCUT2D eigenvalue weighted by molar-refractivity contribution is 0.122. The summed E-state index contributed by atoms with van der Waals surface area (Å²) in [7, 11) is 0. The molecule has 6 heteroatoms. The third kappa shape index (κ3) is 5.27. The Kier molecular flexibility index (Phi) is 6.72. The number of morpholine rings is 1. The van der Waals surface area contributed by atoms with Crippen molar-refractivity contribution in [2.24, 2.45) is 5.92 Å². The molecule has 1 aliphatic heterocycles. The first-order valence-electron chi connectivity index (χ1n) is 12.4. The molecule has 2 aromatic heterocycles. The number of ether oxygens (including phenoxy) is 2. The Hall–Kier alpha value is -2.73. The maximum Gasteiger partial charge on any atom is 0.149 e. The molecule has 0 radical (unpaired) electrons. The highest BCUT2D eigenvalue weighted by molar-refractivity contribution is 5.85. The molecule has 2 fully saturated rings. The van der Waals surface area contributed by atoms with Crippen LogP contribution in [0.15, 0.2) is 42.7 Å². The Morgan fingerprint density at radius 3 is 2.61 bits per heavy atom. The highest BCUT2D eigenvalue weighted by Crippen LogP contribution is 2.34. The fourth-order valence-electron chi connectivity index (χ4n) is 4.99. The van der Waals surface area contributed by atoms with Crippen LogP contribution in [-0.2, 0) is 11.2 Å². The summed E-state index contributed by atoms with van der Waals surface area (Å²) in [6, 6.07) is 10.7. The lowest BCUT2D eigenvalue weighted by Crippen LogP contribution is -2.36. The normalized spacial score (nSPS) is 21.5. The van der Waals surface area contributed by atoms with E-state index in [0.717, 1.165) is 68.0 Å². The standard InChI is InChI=1S/C27H34N4O2/c1-19(2)24-5-3-4-21(30-24)16-20-6-8-23(9-7-20)33-26-18-22(31-12-14-32-15-13-31)17-25-27(26)29-11-10-28-25/h3-5,10-11,17-20,23H,6-9,12-16H2,1-2H3. The first-order valence-corrected chi connectivity index (χ1v) is 12.4. The number of hydrogen-bond acceptors (Lipinski definition) is 6. The van der Waals surface area contributed by atoms with Crippen molar-refractivity contribution in [2.45, 2.75) is 58.0 Å². The van der Waals surface area contributed by atoms with Crippen LogP contribution in [0, 0.1) is 5.92 Å². The van der Waals surface area contributed by atoms with Crippen molar-refractivity contribution in [1.29, 1.82) is 0 Å². The highest BCUT2D eigenvalue weighted by atomic mass is 16.5. The SMILES string of the molecule is CC(C)c1cccc(CC2CCC(Oc3cc(N4CCOCC4)cc4nccnc34)CC2)n1. The number of nitrogens with zero attached hydrogens (tertiary/aromatic N) is 4. The minimum Gasteiger partial charge on any atom is -0.488 e. The number of rotatable bonds is 6. The summed E-state index contributed by atoms with van der Waals surface area (Å²) < 4.78 is 12.1. The molecule has 6 nitrogen and oxygen atoms in total. The van der Waals surface area contributed by atoms with Crippen molar-refractivity contribution >= 4 is 16.7 Å². The van der Waals surface area contributed by atoms with E-state index >= 15 is 0 Å². The van der Waals surface area contributed by atoms with Gasteiger partial charge in [-0.15, -0.1) is 0 Å². The number of aromatic nitrogens is 3. The molecule has 0 N–H and O–H groups in total. The van der Waals surface area contributed by atoms with Gasteiger partial charge in [0.2, 0.25) is 0 Å². The fraction of sp³-hybridized carbons (Fsp3) is 0.519. The molecule has 1 saturated carbocycles. The first kappa shape index (κ1) is 22.1. The van der Waals surface area contributed by atoms with E-state index in [1.807, 2.05) is 0 Å². The van der Waals surface area contributed by atoms with Crippen molar-refractivity contribution < 1.29 is 9.47 Å². The smallest absolute Gasteiger partial charge is 0.149 e. The number of fused-ring (bicyclic) bond motifs is 1. The van der Waals surface area contributed by atoms with E-state index in [1.165, 1.54) is 24.2 Å². The quantitative estimate of drug-likeness (QED) is 0.521. The van der Waals surface area contributed by atoms with E-state index in [-0.39, 0.29) is 6.10 Å². The van der Waals surface area contributed by atoms with E-state index in [1.54, 1.807) is 12.4 Å². The Labute approximate surface area is 196 Å². The van der Waals surface area contributed by atoms with Crippen molar-refractivity contribution in [3.8, 4) is 5.75 Å². The molecule has 3 heterocycles. The lowest BCUT2D eigenvalue weighted by Gasteiger charge is -2.31. The molecule has 174 valence electrons. The monoisotopic (exact) mass is 446 g/mol. The summed E-state index contributed by atoms with van der Waals surface area (Å²) in [5.74, 6) is 2.01. The zero-order valence-electron chi connectivity index (χ0n) is 19.7. The van der Waals surface area contributed by atoms with Gasteiger partial charge >= 0.3 is 0 Å². The van der Waals surface area contributed by atoms with Crippen LogP contribution in [0.3, 0.4) is 0 Å². The predicted octanol–water partition coefficient (Wildman–Crippen LogP) is 5.17. The number of benzene rings is 1. The summed E-state index contributed by atoms with van der Waals surface area (Å²) in [4.78, 5) is 16.4. The van der Waals surface area contributed by atoms with Crippen LogP contribution in [0.1, 0.15) is 56.8 Å². The molecule has 0 amide bonds. The third-order valence-electron chi connectivity index (χ3n) is 6.90. The Bertz CT molecular complexity index is 1070. The van der Waals surface area contributed by atoms with Gasteiger partial charge in [0.15, 0.2) is 0 Å². The van der Waals surface area contributed by atoms with Gasteiger partial charge in [0.1, 0.15) is 11.3 Å². The van der Waals surface area contributed by atoms with Crippen LogP contribution in [0.5, 0.6) is 5.75 Å². The molecule has 33 heavy (non-hydrogen) atoms. The summed E-state index contributed by atoms with van der Waals surface area (Å²) in [5.41, 5.74) is 5.31. The van der Waals surface area contributed by atoms with Gasteiger partial charge in [-0.2, -0.15) is 0 Å². The average Bonchev–Trinajstić information content (AvgIpc) is 2.86. The van der Waals surface area contributed by atoms with Gasteiger partial charge in [-0.1, -0.05) is 19.9 Å². The van der Waals surface area contributed by atoms with Gasteiger partial charge in [0.25, 0.3) is 0 Å². The second kappa shape index (κ2) is 10.0. The first-order chi connectivity index (χ1) is 16.2. The minimum atomic E-state index is 0.223. The molecule has 2 aliphatic rings. The third-order valence-corrected chi connectivity index (χ3v) is 6.90. The molecular weight excluding hydrogens is 412 g/mol. The summed E-state index contributed by atoms with van der Waals surface area (Å²) in [6.45, 7) is 7.71. The van der Waals surface area contributed by atoms with Gasteiger partial charge in [-0.3, -0.25) is 9.97 Å². The molecule has 1 aromatic carbocycles. The Morgan fingerprint density at radius 1 is 1.03 bits per heavy atom. The molecule has 0 atom stereocenters. The minimum absolute atomic E-state index is 0.223. The highest BCUT2D eigenvalue weighted by Gasteiger charge is 2.25. The van der Waals surface area contributed by atoms with Crippen LogP contribution in [0.25, 0.3) is 11.0 Å². The second-order valence-electron chi connectivity index (χ2n) is 9.64. The summed E-state index contributed by atoms with van der Waals surface area (Å²) in [5, 5.41) is 0. The van der Waals surface area contributed by atoms with E-state index in [4.69, 9.17) is 14.5 Å². The zero-order valence-corrected chi connectivity index (χ0v) is 19.7.